The molecule has 4 aromatic carbocycles. The highest BCUT2D eigenvalue weighted by molar-refractivity contribution is 7.90. The third-order valence-electron chi connectivity index (χ3n) is 15.4. The Morgan fingerprint density at radius 2 is 1.71 bits per heavy atom. The molecule has 2 saturated heterocycles. The van der Waals surface area contributed by atoms with E-state index < -0.39 is 39.0 Å². The van der Waals surface area contributed by atoms with E-state index in [1.807, 2.05) is 6.92 Å². The van der Waals surface area contributed by atoms with E-state index in [1.54, 1.807) is 25.1 Å². The van der Waals surface area contributed by atoms with E-state index in [9.17, 15) is 27.1 Å². The molecular formula is C56H65F3N10O6S. The van der Waals surface area contributed by atoms with Crippen molar-refractivity contribution in [2.24, 2.45) is 5.92 Å². The average molecular weight is 1060 g/mol. The van der Waals surface area contributed by atoms with Gasteiger partial charge < -0.3 is 40.5 Å². The van der Waals surface area contributed by atoms with Gasteiger partial charge in [-0.2, -0.15) is 4.98 Å². The lowest BCUT2D eigenvalue weighted by atomic mass is 9.80. The molecule has 20 heteroatoms. The number of aromatic amines is 2. The van der Waals surface area contributed by atoms with E-state index >= 15 is 4.39 Å². The minimum Gasteiger partial charge on any atom is -0.475 e. The third kappa shape index (κ3) is 11.0. The summed E-state index contributed by atoms with van der Waals surface area (Å²) in [5.74, 6) is -2.74. The highest BCUT2D eigenvalue weighted by Crippen LogP contribution is 2.41. The van der Waals surface area contributed by atoms with Crippen molar-refractivity contribution < 1.29 is 41.0 Å². The standard InChI is InChI=1S/C56H65F3N10O6S/c1-5-74-55-48(26-41-44(59)29-62-53(41)65-55)75-47-25-37(11-12-40(47)54(70)66-76(72,73)49-27-45(60)50(52-51(49)63-32-64-52)61-28-34-14-18-56(4,71)19-15-34)68-20-16-36(17-21-68)69-23-22-67(30-35-10-13-42(57)43(58)24-35)31-46(69)39-9-7-6-8-38(39)33(2)3/h6-13,24-27,29,32-34,36,46,61,71H,5,14-23,28,30-31,60H2,1-4H3,(H,62,65)(H,63,64)(H,66,70)/t34?,46-,56?/m0/s1. The predicted octanol–water partition coefficient (Wildman–Crippen LogP) is 9.75. The zero-order valence-corrected chi connectivity index (χ0v) is 44.0. The number of rotatable bonds is 16. The van der Waals surface area contributed by atoms with Crippen LogP contribution in [0.2, 0.25) is 0 Å². The largest absolute Gasteiger partial charge is 0.475 e. The number of nitrogen functional groups attached to an aromatic ring is 1. The van der Waals surface area contributed by atoms with E-state index in [0.717, 1.165) is 44.3 Å². The number of nitrogens with one attached hydrogen (secondary N) is 4. The monoisotopic (exact) mass is 1060 g/mol. The summed E-state index contributed by atoms with van der Waals surface area (Å²) in [4.78, 5) is 35.9. The maximum Gasteiger partial charge on any atom is 0.268 e. The number of aromatic nitrogens is 4. The number of piperazine rings is 1. The summed E-state index contributed by atoms with van der Waals surface area (Å²) in [6.07, 6.45) is 7.11. The smallest absolute Gasteiger partial charge is 0.268 e. The Morgan fingerprint density at radius 3 is 2.46 bits per heavy atom. The number of fused-ring (bicyclic) bond motifs is 2. The second-order valence-corrected chi connectivity index (χ2v) is 22.7. The summed E-state index contributed by atoms with van der Waals surface area (Å²) >= 11 is 0. The number of hydrogen-bond donors (Lipinski definition) is 6. The second kappa shape index (κ2) is 21.6. The van der Waals surface area contributed by atoms with Gasteiger partial charge in [0, 0.05) is 81.9 Å². The number of carbonyl (C=O) groups is 1. The van der Waals surface area contributed by atoms with Crippen molar-refractivity contribution in [3.8, 4) is 17.4 Å². The molecule has 1 saturated carbocycles. The molecule has 7 aromatic rings. The number of carbonyl (C=O) groups excluding carboxylic acids is 1. The molecule has 7 N–H and O–H groups in total. The van der Waals surface area contributed by atoms with Crippen LogP contribution in [-0.4, -0.2) is 107 Å². The second-order valence-electron chi connectivity index (χ2n) is 21.0. The van der Waals surface area contributed by atoms with Crippen molar-refractivity contribution in [2.75, 3.05) is 61.8 Å². The van der Waals surface area contributed by atoms with Crippen molar-refractivity contribution in [3.05, 3.63) is 125 Å². The normalized spacial score (nSPS) is 20.1. The van der Waals surface area contributed by atoms with Crippen LogP contribution in [0.5, 0.6) is 17.4 Å². The van der Waals surface area contributed by atoms with Gasteiger partial charge in [0.2, 0.25) is 0 Å². The maximum atomic E-state index is 15.1. The van der Waals surface area contributed by atoms with Crippen LogP contribution in [0.25, 0.3) is 22.1 Å². The minimum absolute atomic E-state index is 0.00439. The number of pyridine rings is 1. The molecule has 76 heavy (non-hydrogen) atoms. The number of imidazole rings is 1. The first-order valence-corrected chi connectivity index (χ1v) is 27.6. The fourth-order valence-corrected chi connectivity index (χ4v) is 12.4. The van der Waals surface area contributed by atoms with Crippen molar-refractivity contribution in [3.63, 3.8) is 0 Å². The highest BCUT2D eigenvalue weighted by atomic mass is 32.2. The topological polar surface area (TPSA) is 207 Å². The number of hydrogen-bond acceptors (Lipinski definition) is 13. The maximum absolute atomic E-state index is 15.1. The molecule has 402 valence electrons. The summed E-state index contributed by atoms with van der Waals surface area (Å²) < 4.78 is 86.5. The molecule has 0 unspecified atom stereocenters. The van der Waals surface area contributed by atoms with E-state index in [2.05, 4.69) is 82.8 Å². The first-order chi connectivity index (χ1) is 36.4. The molecule has 3 aliphatic rings. The Kier molecular flexibility index (Phi) is 15.0. The van der Waals surface area contributed by atoms with Gasteiger partial charge in [-0.25, -0.2) is 31.3 Å². The lowest BCUT2D eigenvalue weighted by Crippen LogP contribution is -2.54. The van der Waals surface area contributed by atoms with Crippen LogP contribution in [0, 0.1) is 23.4 Å². The Labute approximate surface area is 440 Å². The number of benzene rings is 4. The molecule has 16 nitrogen and oxygen atoms in total. The first kappa shape index (κ1) is 52.6. The molecule has 0 spiro atoms. The van der Waals surface area contributed by atoms with Crippen LogP contribution < -0.4 is 30.1 Å². The van der Waals surface area contributed by atoms with Gasteiger partial charge in [0.25, 0.3) is 21.8 Å². The van der Waals surface area contributed by atoms with Crippen molar-refractivity contribution in [1.29, 1.82) is 0 Å². The van der Waals surface area contributed by atoms with E-state index in [0.29, 0.717) is 62.5 Å². The van der Waals surface area contributed by atoms with Gasteiger partial charge in [-0.3, -0.25) is 14.6 Å². The fourth-order valence-electron chi connectivity index (χ4n) is 11.3. The van der Waals surface area contributed by atoms with Crippen molar-refractivity contribution >= 4 is 55.1 Å². The molecule has 0 bridgehead atoms. The number of amides is 1. The number of sulfonamides is 1. The summed E-state index contributed by atoms with van der Waals surface area (Å²) in [7, 11) is -4.64. The van der Waals surface area contributed by atoms with Gasteiger partial charge in [-0.05, 0) is 111 Å². The summed E-state index contributed by atoms with van der Waals surface area (Å²) in [5.41, 5.74) is 10.9. The SMILES string of the molecule is CCOc1nc2[nH]cc(F)c2cc1Oc1cc(N2CCC(N3CCN(Cc4ccc(F)c(F)c4)C[C@H]3c3ccccc3C(C)C)CC2)ccc1C(=O)NS(=O)(=O)c1cc(N)c(NCC2CCC(C)(O)CC2)c2[nH]cnc12. The number of H-pyrrole nitrogens is 2. The molecule has 3 fully saturated rings. The Bertz CT molecular complexity index is 3370. The number of anilines is 3. The third-order valence-corrected chi connectivity index (χ3v) is 16.7. The van der Waals surface area contributed by atoms with Gasteiger partial charge in [-0.1, -0.05) is 44.2 Å². The Morgan fingerprint density at radius 1 is 0.934 bits per heavy atom. The van der Waals surface area contributed by atoms with Crippen LogP contribution in [0.15, 0.2) is 90.2 Å². The summed E-state index contributed by atoms with van der Waals surface area (Å²) in [6.45, 7) is 12.7. The van der Waals surface area contributed by atoms with Crippen molar-refractivity contribution in [2.45, 2.75) is 101 Å². The molecule has 1 atom stereocenters. The average Bonchev–Trinajstić information content (AvgIpc) is 4.04. The number of aliphatic hydroxyl groups is 1. The molecule has 2 aliphatic heterocycles. The van der Waals surface area contributed by atoms with Crippen LogP contribution in [0.3, 0.4) is 0 Å². The van der Waals surface area contributed by atoms with Crippen LogP contribution in [-0.2, 0) is 16.6 Å². The molecule has 3 aromatic heterocycles. The lowest BCUT2D eigenvalue weighted by Gasteiger charge is -2.48. The number of ether oxygens (including phenoxy) is 2. The molecule has 10 rings (SSSR count). The molecule has 0 radical (unpaired) electrons. The molecule has 1 amide bonds. The van der Waals surface area contributed by atoms with Crippen molar-refractivity contribution in [1.82, 2.24) is 34.5 Å². The Balaban J connectivity index is 0.914. The van der Waals surface area contributed by atoms with Gasteiger partial charge in [0.15, 0.2) is 17.4 Å². The van der Waals surface area contributed by atoms with Gasteiger partial charge in [0.05, 0.1) is 46.4 Å². The van der Waals surface area contributed by atoms with E-state index in [1.165, 1.54) is 54.0 Å². The molecule has 5 heterocycles. The first-order valence-electron chi connectivity index (χ1n) is 26.1. The van der Waals surface area contributed by atoms with Crippen LogP contribution in [0.4, 0.5) is 30.2 Å². The zero-order valence-electron chi connectivity index (χ0n) is 43.1. The van der Waals surface area contributed by atoms with E-state index in [-0.39, 0.29) is 80.6 Å². The quantitative estimate of drug-likeness (QED) is 0.0499. The molecular weight excluding hydrogens is 998 g/mol. The predicted molar refractivity (Wildman–Crippen MR) is 287 cm³/mol. The van der Waals surface area contributed by atoms with Crippen LogP contribution >= 0.6 is 0 Å². The van der Waals surface area contributed by atoms with Gasteiger partial charge in [-0.15, -0.1) is 0 Å². The number of nitrogens with two attached hydrogens (primary N) is 1. The number of nitrogens with zero attached hydrogens (tertiary/aromatic N) is 5. The van der Waals surface area contributed by atoms with E-state index in [4.69, 9.17) is 15.2 Å². The molecule has 1 aliphatic carbocycles. The van der Waals surface area contributed by atoms with Gasteiger partial charge in [0.1, 0.15) is 27.6 Å². The fraction of sp³-hybridized carbons (Fsp3) is 0.411. The summed E-state index contributed by atoms with van der Waals surface area (Å²) in [5, 5.41) is 13.9. The Hall–Kier alpha value is -6.87. The van der Waals surface area contributed by atoms with Crippen LogP contribution in [0.1, 0.15) is 105 Å². The summed E-state index contributed by atoms with van der Waals surface area (Å²) in [6, 6.07) is 20.5. The number of piperidine rings is 1. The highest BCUT2D eigenvalue weighted by Gasteiger charge is 2.37. The van der Waals surface area contributed by atoms with Gasteiger partial charge >= 0.3 is 0 Å². The minimum atomic E-state index is -4.64. The lowest BCUT2D eigenvalue weighted by molar-refractivity contribution is 0.00976. The zero-order chi connectivity index (χ0) is 53.5. The number of halogens is 3.